The quantitative estimate of drug-likeness (QED) is 0.598. The Hall–Kier alpha value is -1.82. The fraction of sp³-hybridized carbons (Fsp3) is 0.650. The third kappa shape index (κ3) is 3.65. The van der Waals surface area contributed by atoms with Gasteiger partial charge in [-0.05, 0) is 44.7 Å². The van der Waals surface area contributed by atoms with Gasteiger partial charge in [0.25, 0.3) is 0 Å². The van der Waals surface area contributed by atoms with Gasteiger partial charge in [-0.1, -0.05) is 25.7 Å². The maximum atomic E-state index is 13.3. The minimum absolute atomic E-state index is 0.113. The number of ether oxygens (including phenoxy) is 1. The fourth-order valence-electron chi connectivity index (χ4n) is 4.24. The van der Waals surface area contributed by atoms with Crippen molar-refractivity contribution < 1.29 is 9.13 Å². The van der Waals surface area contributed by atoms with Gasteiger partial charge in [0, 0.05) is 18.4 Å². The third-order valence-corrected chi connectivity index (χ3v) is 5.76. The standard InChI is InChI=1S/C20H27FN4O/c1-14-17(9-6-12-26-14)20-23-19(15-7-4-2-3-5-8-15)24-25(20)16-10-11-18(21)22-13-16/h10-11,13-15,17H,2-9,12H2,1H3/t14-,17-/m0/s1. The van der Waals surface area contributed by atoms with Gasteiger partial charge in [-0.15, -0.1) is 0 Å². The molecule has 4 rings (SSSR count). The summed E-state index contributed by atoms with van der Waals surface area (Å²) in [7, 11) is 0. The van der Waals surface area contributed by atoms with Crippen LogP contribution in [-0.4, -0.2) is 32.5 Å². The number of hydrogen-bond donors (Lipinski definition) is 0. The van der Waals surface area contributed by atoms with E-state index in [-0.39, 0.29) is 12.0 Å². The molecule has 3 heterocycles. The lowest BCUT2D eigenvalue weighted by molar-refractivity contribution is 0.00878. The first kappa shape index (κ1) is 17.6. The largest absolute Gasteiger partial charge is 0.378 e. The van der Waals surface area contributed by atoms with Gasteiger partial charge in [-0.2, -0.15) is 9.49 Å². The van der Waals surface area contributed by atoms with Crippen molar-refractivity contribution in [2.75, 3.05) is 6.61 Å². The molecule has 2 aromatic rings. The lowest BCUT2D eigenvalue weighted by Crippen LogP contribution is -2.27. The predicted octanol–water partition coefficient (Wildman–Crippen LogP) is 4.52. The van der Waals surface area contributed by atoms with E-state index >= 15 is 0 Å². The number of aromatic nitrogens is 4. The molecule has 1 saturated heterocycles. The molecule has 0 spiro atoms. The van der Waals surface area contributed by atoms with E-state index in [0.29, 0.717) is 5.92 Å². The molecule has 0 aromatic carbocycles. The van der Waals surface area contributed by atoms with Crippen LogP contribution in [0.15, 0.2) is 18.3 Å². The van der Waals surface area contributed by atoms with Crippen LogP contribution in [0, 0.1) is 5.95 Å². The molecule has 0 N–H and O–H groups in total. The van der Waals surface area contributed by atoms with E-state index in [1.165, 1.54) is 31.7 Å². The Morgan fingerprint density at radius 3 is 2.58 bits per heavy atom. The maximum Gasteiger partial charge on any atom is 0.212 e. The summed E-state index contributed by atoms with van der Waals surface area (Å²) in [5.74, 6) is 2.02. The molecule has 0 amide bonds. The SMILES string of the molecule is C[C@@H]1OCCC[C@@H]1c1nc(C2CCCCCC2)nn1-c1ccc(F)nc1. The lowest BCUT2D eigenvalue weighted by atomic mass is 9.94. The van der Waals surface area contributed by atoms with Gasteiger partial charge in [0.1, 0.15) is 5.82 Å². The second-order valence-electron chi connectivity index (χ2n) is 7.59. The summed E-state index contributed by atoms with van der Waals surface area (Å²) in [4.78, 5) is 8.81. The maximum absolute atomic E-state index is 13.3. The van der Waals surface area contributed by atoms with Crippen molar-refractivity contribution in [3.63, 3.8) is 0 Å². The number of pyridine rings is 1. The molecule has 5 nitrogen and oxygen atoms in total. The predicted molar refractivity (Wildman–Crippen MR) is 96.9 cm³/mol. The van der Waals surface area contributed by atoms with Gasteiger partial charge >= 0.3 is 0 Å². The molecule has 0 bridgehead atoms. The Bertz CT molecular complexity index is 722. The van der Waals surface area contributed by atoms with Crippen LogP contribution >= 0.6 is 0 Å². The van der Waals surface area contributed by atoms with Crippen LogP contribution in [0.5, 0.6) is 0 Å². The van der Waals surface area contributed by atoms with Crippen LogP contribution in [0.1, 0.15) is 81.8 Å². The molecule has 26 heavy (non-hydrogen) atoms. The molecule has 0 unspecified atom stereocenters. The van der Waals surface area contributed by atoms with E-state index in [2.05, 4.69) is 11.9 Å². The summed E-state index contributed by atoms with van der Waals surface area (Å²) in [6.07, 6.45) is 11.1. The lowest BCUT2D eigenvalue weighted by Gasteiger charge is -2.28. The van der Waals surface area contributed by atoms with Crippen molar-refractivity contribution in [2.45, 2.75) is 76.2 Å². The second kappa shape index (κ2) is 7.82. The van der Waals surface area contributed by atoms with Gasteiger partial charge in [0.05, 0.1) is 18.0 Å². The Labute approximate surface area is 154 Å². The molecule has 2 fully saturated rings. The summed E-state index contributed by atoms with van der Waals surface area (Å²) in [5, 5.41) is 4.87. The first-order chi connectivity index (χ1) is 12.7. The average molecular weight is 358 g/mol. The Kier molecular flexibility index (Phi) is 5.29. The third-order valence-electron chi connectivity index (χ3n) is 5.76. The zero-order valence-electron chi connectivity index (χ0n) is 15.4. The van der Waals surface area contributed by atoms with Crippen molar-refractivity contribution in [2.24, 2.45) is 0 Å². The molecule has 0 radical (unpaired) electrons. The van der Waals surface area contributed by atoms with E-state index < -0.39 is 5.95 Å². The van der Waals surface area contributed by atoms with E-state index in [1.54, 1.807) is 12.3 Å². The van der Waals surface area contributed by atoms with Crippen LogP contribution in [0.4, 0.5) is 4.39 Å². The van der Waals surface area contributed by atoms with E-state index in [4.69, 9.17) is 14.8 Å². The average Bonchev–Trinajstić information content (AvgIpc) is 2.90. The highest BCUT2D eigenvalue weighted by molar-refractivity contribution is 5.29. The van der Waals surface area contributed by atoms with E-state index in [1.807, 2.05) is 4.68 Å². The Balaban J connectivity index is 1.72. The summed E-state index contributed by atoms with van der Waals surface area (Å²) >= 11 is 0. The van der Waals surface area contributed by atoms with Gasteiger partial charge in [0.2, 0.25) is 5.95 Å². The number of hydrogen-bond acceptors (Lipinski definition) is 4. The molecular weight excluding hydrogens is 331 g/mol. The summed E-state index contributed by atoms with van der Waals surface area (Å²) in [6.45, 7) is 2.91. The van der Waals surface area contributed by atoms with Gasteiger partial charge < -0.3 is 4.74 Å². The normalized spacial score (nSPS) is 25.2. The summed E-state index contributed by atoms with van der Waals surface area (Å²) < 4.78 is 21.0. The summed E-state index contributed by atoms with van der Waals surface area (Å²) in [6, 6.07) is 3.11. The van der Waals surface area contributed by atoms with Crippen molar-refractivity contribution >= 4 is 0 Å². The molecule has 1 saturated carbocycles. The topological polar surface area (TPSA) is 52.8 Å². The van der Waals surface area contributed by atoms with Crippen molar-refractivity contribution in [3.8, 4) is 5.69 Å². The smallest absolute Gasteiger partial charge is 0.212 e. The molecule has 2 aliphatic rings. The molecule has 1 aliphatic heterocycles. The second-order valence-corrected chi connectivity index (χ2v) is 7.59. The zero-order valence-corrected chi connectivity index (χ0v) is 15.4. The first-order valence-corrected chi connectivity index (χ1v) is 9.93. The van der Waals surface area contributed by atoms with Crippen LogP contribution in [-0.2, 0) is 4.74 Å². The number of rotatable bonds is 3. The number of nitrogens with zero attached hydrogens (tertiary/aromatic N) is 4. The van der Waals surface area contributed by atoms with Gasteiger partial charge in [-0.25, -0.2) is 14.6 Å². The fourth-order valence-corrected chi connectivity index (χ4v) is 4.24. The van der Waals surface area contributed by atoms with Crippen LogP contribution < -0.4 is 0 Å². The molecular formula is C20H27FN4O. The number of halogens is 1. The van der Waals surface area contributed by atoms with Crippen LogP contribution in [0.3, 0.4) is 0 Å². The molecule has 2 atom stereocenters. The monoisotopic (exact) mass is 358 g/mol. The minimum Gasteiger partial charge on any atom is -0.378 e. The van der Waals surface area contributed by atoms with Crippen molar-refractivity contribution in [1.82, 2.24) is 19.7 Å². The van der Waals surface area contributed by atoms with Crippen molar-refractivity contribution in [1.29, 1.82) is 0 Å². The summed E-state index contributed by atoms with van der Waals surface area (Å²) in [5.41, 5.74) is 0.770. The highest BCUT2D eigenvalue weighted by Crippen LogP contribution is 2.34. The highest BCUT2D eigenvalue weighted by atomic mass is 19.1. The zero-order chi connectivity index (χ0) is 17.9. The molecule has 1 aliphatic carbocycles. The van der Waals surface area contributed by atoms with Gasteiger partial charge in [-0.3, -0.25) is 0 Å². The minimum atomic E-state index is -0.478. The molecule has 140 valence electrons. The van der Waals surface area contributed by atoms with E-state index in [0.717, 1.165) is 49.6 Å². The van der Waals surface area contributed by atoms with Gasteiger partial charge in [0.15, 0.2) is 5.82 Å². The molecule has 2 aromatic heterocycles. The highest BCUT2D eigenvalue weighted by Gasteiger charge is 2.31. The van der Waals surface area contributed by atoms with Crippen LogP contribution in [0.2, 0.25) is 0 Å². The Morgan fingerprint density at radius 2 is 1.88 bits per heavy atom. The Morgan fingerprint density at radius 1 is 1.08 bits per heavy atom. The molecule has 6 heteroatoms. The van der Waals surface area contributed by atoms with Crippen molar-refractivity contribution in [3.05, 3.63) is 35.9 Å². The first-order valence-electron chi connectivity index (χ1n) is 9.93. The van der Waals surface area contributed by atoms with E-state index in [9.17, 15) is 4.39 Å². The van der Waals surface area contributed by atoms with Crippen LogP contribution in [0.25, 0.3) is 5.69 Å².